The van der Waals surface area contributed by atoms with Crippen LogP contribution in [0.15, 0.2) is 73.3 Å². The molecule has 0 atom stereocenters. The predicted octanol–water partition coefficient (Wildman–Crippen LogP) is 3.82. The number of halogens is 2. The van der Waals surface area contributed by atoms with Crippen LogP contribution in [-0.2, 0) is 7.05 Å². The molecule has 0 bridgehead atoms. The number of piperazine rings is 1. The average Bonchev–Trinajstić information content (AvgIpc) is 3.61. The SMILES string of the molecule is Cn1cc(NC(=O)c2cnn3cccnc23)c(-c2cc(Oc3cccc(C(=O)N4CCNCC4)c3)ccc2OC(F)F)n1. The number of aromatic nitrogens is 5. The van der Waals surface area contributed by atoms with Crippen molar-refractivity contribution < 1.29 is 27.8 Å². The van der Waals surface area contributed by atoms with Crippen molar-refractivity contribution in [2.45, 2.75) is 6.61 Å². The van der Waals surface area contributed by atoms with Crippen molar-refractivity contribution >= 4 is 23.1 Å². The van der Waals surface area contributed by atoms with Crippen LogP contribution < -0.4 is 20.1 Å². The lowest BCUT2D eigenvalue weighted by Crippen LogP contribution is -2.46. The minimum Gasteiger partial charge on any atom is -0.457 e. The van der Waals surface area contributed by atoms with Crippen molar-refractivity contribution in [3.8, 4) is 28.5 Å². The second-order valence-corrected chi connectivity index (χ2v) is 9.67. The third-order valence-electron chi connectivity index (χ3n) is 6.74. The van der Waals surface area contributed by atoms with Gasteiger partial charge in [-0.3, -0.25) is 14.3 Å². The van der Waals surface area contributed by atoms with Crippen molar-refractivity contribution in [2.75, 3.05) is 31.5 Å². The predicted molar refractivity (Wildman–Crippen MR) is 152 cm³/mol. The van der Waals surface area contributed by atoms with Crippen molar-refractivity contribution in [1.29, 1.82) is 0 Å². The maximum atomic E-state index is 13.4. The Hall–Kier alpha value is -5.37. The fourth-order valence-corrected chi connectivity index (χ4v) is 4.79. The first-order valence-electron chi connectivity index (χ1n) is 13.4. The number of amides is 2. The molecule has 0 unspecified atom stereocenters. The number of carbonyl (C=O) groups is 2. The smallest absolute Gasteiger partial charge is 0.387 e. The standard InChI is InChI=1S/C29H26F2N8O4/c1-37-17-23(35-27(40)22-16-34-39-11-3-8-33-26(22)39)25(36-37)21-15-20(6-7-24(21)43-29(30)31)42-19-5-2-4-18(14-19)28(41)38-12-9-32-10-13-38/h2-8,11,14-17,29,32H,9-10,12-13H2,1H3,(H,35,40). The van der Waals surface area contributed by atoms with E-state index < -0.39 is 12.5 Å². The van der Waals surface area contributed by atoms with Crippen LogP contribution in [0.25, 0.3) is 16.9 Å². The van der Waals surface area contributed by atoms with Crippen molar-refractivity contribution in [2.24, 2.45) is 7.05 Å². The van der Waals surface area contributed by atoms with Crippen LogP contribution >= 0.6 is 0 Å². The minimum atomic E-state index is -3.11. The van der Waals surface area contributed by atoms with Gasteiger partial charge in [0.15, 0.2) is 5.65 Å². The molecule has 12 nitrogen and oxygen atoms in total. The topological polar surface area (TPSA) is 128 Å². The van der Waals surface area contributed by atoms with Crippen LogP contribution in [0.5, 0.6) is 17.2 Å². The first-order chi connectivity index (χ1) is 20.9. The Labute approximate surface area is 243 Å². The second kappa shape index (κ2) is 11.9. The number of hydrogen-bond acceptors (Lipinski definition) is 8. The first kappa shape index (κ1) is 27.8. The number of anilines is 1. The maximum Gasteiger partial charge on any atom is 0.387 e. The van der Waals surface area contributed by atoms with Gasteiger partial charge in [-0.1, -0.05) is 6.07 Å². The number of fused-ring (bicyclic) bond motifs is 1. The molecule has 2 aromatic carbocycles. The molecule has 220 valence electrons. The summed E-state index contributed by atoms with van der Waals surface area (Å²) < 4.78 is 40.5. The molecule has 2 N–H and O–H groups in total. The summed E-state index contributed by atoms with van der Waals surface area (Å²) in [5.41, 5.74) is 1.59. The molecule has 1 fully saturated rings. The highest BCUT2D eigenvalue weighted by molar-refractivity contribution is 6.09. The van der Waals surface area contributed by atoms with Gasteiger partial charge in [-0.2, -0.15) is 19.0 Å². The van der Waals surface area contributed by atoms with Crippen LogP contribution in [0.3, 0.4) is 0 Å². The molecule has 3 aromatic heterocycles. The molecule has 1 aliphatic heterocycles. The van der Waals surface area contributed by atoms with Gasteiger partial charge in [0, 0.05) is 57.4 Å². The van der Waals surface area contributed by atoms with E-state index in [-0.39, 0.29) is 39.9 Å². The maximum absolute atomic E-state index is 13.4. The number of ether oxygens (including phenoxy) is 2. The molecule has 6 rings (SSSR count). The Kier molecular flexibility index (Phi) is 7.66. The Morgan fingerprint density at radius 2 is 1.88 bits per heavy atom. The third-order valence-corrected chi connectivity index (χ3v) is 6.74. The van der Waals surface area contributed by atoms with Gasteiger partial charge in [-0.25, -0.2) is 9.50 Å². The lowest BCUT2D eigenvalue weighted by molar-refractivity contribution is -0.0494. The van der Waals surface area contributed by atoms with Gasteiger partial charge in [0.1, 0.15) is 28.5 Å². The van der Waals surface area contributed by atoms with Crippen LogP contribution in [-0.4, -0.2) is 73.9 Å². The van der Waals surface area contributed by atoms with Gasteiger partial charge in [-0.15, -0.1) is 0 Å². The molecular formula is C29H26F2N8O4. The van der Waals surface area contributed by atoms with Crippen molar-refractivity contribution in [1.82, 2.24) is 34.6 Å². The number of rotatable bonds is 8. The molecule has 0 spiro atoms. The van der Waals surface area contributed by atoms with E-state index >= 15 is 0 Å². The highest BCUT2D eigenvalue weighted by Crippen LogP contribution is 2.39. The van der Waals surface area contributed by atoms with E-state index in [4.69, 9.17) is 9.47 Å². The van der Waals surface area contributed by atoms with Gasteiger partial charge in [0.05, 0.1) is 17.4 Å². The molecule has 0 radical (unpaired) electrons. The van der Waals surface area contributed by atoms with E-state index in [2.05, 4.69) is 25.8 Å². The zero-order chi connectivity index (χ0) is 29.9. The first-order valence-corrected chi connectivity index (χ1v) is 13.4. The number of alkyl halides is 2. The zero-order valence-corrected chi connectivity index (χ0v) is 22.9. The molecule has 1 aliphatic rings. The molecule has 4 heterocycles. The molecule has 2 amide bonds. The summed E-state index contributed by atoms with van der Waals surface area (Å²) in [4.78, 5) is 32.2. The molecule has 14 heteroatoms. The molecule has 0 aliphatic carbocycles. The number of aryl methyl sites for hydroxylation is 1. The zero-order valence-electron chi connectivity index (χ0n) is 22.9. The quantitative estimate of drug-likeness (QED) is 0.280. The molecule has 43 heavy (non-hydrogen) atoms. The highest BCUT2D eigenvalue weighted by atomic mass is 19.3. The van der Waals surface area contributed by atoms with Crippen LogP contribution in [0.4, 0.5) is 14.5 Å². The fraction of sp³-hybridized carbons (Fsp3) is 0.207. The van der Waals surface area contributed by atoms with Crippen LogP contribution in [0.2, 0.25) is 0 Å². The lowest BCUT2D eigenvalue weighted by Gasteiger charge is -2.27. The fourth-order valence-electron chi connectivity index (χ4n) is 4.79. The number of hydrogen-bond donors (Lipinski definition) is 2. The molecule has 0 saturated carbocycles. The lowest BCUT2D eigenvalue weighted by atomic mass is 10.1. The summed E-state index contributed by atoms with van der Waals surface area (Å²) >= 11 is 0. The molecule has 5 aromatic rings. The summed E-state index contributed by atoms with van der Waals surface area (Å²) in [6.07, 6.45) is 6.12. The summed E-state index contributed by atoms with van der Waals surface area (Å²) in [5.74, 6) is -0.138. The van der Waals surface area contributed by atoms with E-state index in [1.165, 1.54) is 39.8 Å². The van der Waals surface area contributed by atoms with E-state index in [0.29, 0.717) is 30.0 Å². The second-order valence-electron chi connectivity index (χ2n) is 9.67. The Morgan fingerprint density at radius 3 is 2.70 bits per heavy atom. The van der Waals surface area contributed by atoms with Crippen molar-refractivity contribution in [3.63, 3.8) is 0 Å². The number of nitrogens with one attached hydrogen (secondary N) is 2. The average molecular weight is 589 g/mol. The largest absolute Gasteiger partial charge is 0.457 e. The summed E-state index contributed by atoms with van der Waals surface area (Å²) in [5, 5.41) is 14.5. The van der Waals surface area contributed by atoms with Gasteiger partial charge in [-0.05, 0) is 42.5 Å². The Bertz CT molecular complexity index is 1800. The van der Waals surface area contributed by atoms with Gasteiger partial charge in [0.2, 0.25) is 0 Å². The minimum absolute atomic E-state index is 0.108. The number of benzene rings is 2. The van der Waals surface area contributed by atoms with E-state index in [1.807, 2.05) is 0 Å². The van der Waals surface area contributed by atoms with E-state index in [9.17, 15) is 18.4 Å². The highest BCUT2D eigenvalue weighted by Gasteiger charge is 2.23. The van der Waals surface area contributed by atoms with E-state index in [0.717, 1.165) is 13.1 Å². The van der Waals surface area contributed by atoms with E-state index in [1.54, 1.807) is 54.7 Å². The van der Waals surface area contributed by atoms with Gasteiger partial charge >= 0.3 is 6.61 Å². The van der Waals surface area contributed by atoms with Crippen molar-refractivity contribution in [3.05, 3.63) is 84.4 Å². The Morgan fingerprint density at radius 1 is 1.07 bits per heavy atom. The summed E-state index contributed by atoms with van der Waals surface area (Å²) in [6.45, 7) is -0.441. The normalized spacial score (nSPS) is 13.3. The monoisotopic (exact) mass is 588 g/mol. The van der Waals surface area contributed by atoms with Crippen LogP contribution in [0, 0.1) is 0 Å². The third kappa shape index (κ3) is 5.99. The van der Waals surface area contributed by atoms with Gasteiger partial charge < -0.3 is 25.0 Å². The molecular weight excluding hydrogens is 562 g/mol. The Balaban J connectivity index is 1.30. The molecule has 1 saturated heterocycles. The van der Waals surface area contributed by atoms with Gasteiger partial charge in [0.25, 0.3) is 11.8 Å². The summed E-state index contributed by atoms with van der Waals surface area (Å²) in [7, 11) is 1.63. The van der Waals surface area contributed by atoms with Crippen LogP contribution in [0.1, 0.15) is 20.7 Å². The number of carbonyl (C=O) groups excluding carboxylic acids is 2. The summed E-state index contributed by atoms with van der Waals surface area (Å²) in [6, 6.07) is 12.7. The number of nitrogens with zero attached hydrogens (tertiary/aromatic N) is 6.